The van der Waals surface area contributed by atoms with E-state index in [0.717, 1.165) is 5.69 Å². The first-order valence-electron chi connectivity index (χ1n) is 8.73. The molecule has 1 fully saturated rings. The predicted molar refractivity (Wildman–Crippen MR) is 105 cm³/mol. The highest BCUT2D eigenvalue weighted by molar-refractivity contribution is 7.89. The normalized spacial score (nSPS) is 15.9. The minimum absolute atomic E-state index is 0.00371. The Labute approximate surface area is 167 Å². The summed E-state index contributed by atoms with van der Waals surface area (Å²) >= 11 is 1.36. The van der Waals surface area contributed by atoms with Crippen LogP contribution in [0.1, 0.15) is 28.9 Å². The number of carbonyl (C=O) groups excluding carboxylic acids is 2. The Morgan fingerprint density at radius 1 is 1.25 bits per heavy atom. The van der Waals surface area contributed by atoms with Gasteiger partial charge in [-0.05, 0) is 31.9 Å². The van der Waals surface area contributed by atoms with Crippen LogP contribution in [0.3, 0.4) is 0 Å². The summed E-state index contributed by atoms with van der Waals surface area (Å²) in [4.78, 5) is 28.5. The summed E-state index contributed by atoms with van der Waals surface area (Å²) in [5.41, 5.74) is 0.842. The number of aromatic nitrogens is 1. The number of thiazole rings is 1. The molecule has 1 saturated heterocycles. The van der Waals surface area contributed by atoms with Gasteiger partial charge in [0.2, 0.25) is 15.9 Å². The summed E-state index contributed by atoms with van der Waals surface area (Å²) < 4.78 is 32.0. The maximum absolute atomic E-state index is 13.0. The molecule has 0 spiro atoms. The van der Waals surface area contributed by atoms with E-state index >= 15 is 0 Å². The number of sulfonamides is 1. The van der Waals surface area contributed by atoms with E-state index in [1.54, 1.807) is 12.1 Å². The number of hydrogen-bond acceptors (Lipinski definition) is 7. The van der Waals surface area contributed by atoms with E-state index in [1.165, 1.54) is 34.9 Å². The number of amides is 1. The summed E-state index contributed by atoms with van der Waals surface area (Å²) in [5, 5.41) is 5.19. The van der Waals surface area contributed by atoms with Crippen molar-refractivity contribution in [2.75, 3.05) is 25.5 Å². The number of benzene rings is 1. The zero-order valence-corrected chi connectivity index (χ0v) is 17.2. The summed E-state index contributed by atoms with van der Waals surface area (Å²) in [5.74, 6) is -1.14. The van der Waals surface area contributed by atoms with Gasteiger partial charge < -0.3 is 10.1 Å². The zero-order chi connectivity index (χ0) is 20.3. The van der Waals surface area contributed by atoms with Crippen molar-refractivity contribution in [1.29, 1.82) is 0 Å². The number of rotatable bonds is 5. The molecule has 8 nitrogen and oxygen atoms in total. The van der Waals surface area contributed by atoms with Crippen molar-refractivity contribution < 1.29 is 22.7 Å². The Bertz CT molecular complexity index is 979. The third-order valence-electron chi connectivity index (χ3n) is 4.58. The summed E-state index contributed by atoms with van der Waals surface area (Å²) in [7, 11) is -2.65. The second-order valence-corrected chi connectivity index (χ2v) is 9.21. The number of esters is 1. The Kier molecular flexibility index (Phi) is 6.11. The molecule has 2 aromatic rings. The number of methoxy groups -OCH3 is 1. The van der Waals surface area contributed by atoms with E-state index in [4.69, 9.17) is 0 Å². The van der Waals surface area contributed by atoms with Crippen LogP contribution in [0.2, 0.25) is 0 Å². The van der Waals surface area contributed by atoms with Gasteiger partial charge in [-0.15, -0.1) is 11.3 Å². The van der Waals surface area contributed by atoms with Gasteiger partial charge in [0.05, 0.1) is 23.3 Å². The molecule has 1 aliphatic heterocycles. The van der Waals surface area contributed by atoms with Crippen molar-refractivity contribution in [2.45, 2.75) is 24.7 Å². The SMILES string of the molecule is COC(=O)c1ccccc1S(=O)(=O)N1CCC(C(=O)Nc2nc(C)cs2)CC1. The highest BCUT2D eigenvalue weighted by Crippen LogP contribution is 2.27. The van der Waals surface area contributed by atoms with Crippen LogP contribution in [0.25, 0.3) is 0 Å². The molecule has 1 aromatic carbocycles. The second-order valence-electron chi connectivity index (χ2n) is 6.45. The van der Waals surface area contributed by atoms with Crippen molar-refractivity contribution in [3.63, 3.8) is 0 Å². The number of carbonyl (C=O) groups is 2. The molecule has 2 heterocycles. The highest BCUT2D eigenvalue weighted by Gasteiger charge is 2.34. The highest BCUT2D eigenvalue weighted by atomic mass is 32.2. The Morgan fingerprint density at radius 3 is 2.54 bits per heavy atom. The van der Waals surface area contributed by atoms with Gasteiger partial charge in [0.25, 0.3) is 0 Å². The lowest BCUT2D eigenvalue weighted by Gasteiger charge is -2.30. The standard InChI is InChI=1S/C18H21N3O5S2/c1-12-11-27-18(19-12)20-16(22)13-7-9-21(10-8-13)28(24,25)15-6-4-3-5-14(15)17(23)26-2/h3-6,11,13H,7-10H2,1-2H3,(H,19,20,22). The van der Waals surface area contributed by atoms with E-state index in [0.29, 0.717) is 18.0 Å². The van der Waals surface area contributed by atoms with E-state index < -0.39 is 16.0 Å². The van der Waals surface area contributed by atoms with Crippen LogP contribution in [0.5, 0.6) is 0 Å². The summed E-state index contributed by atoms with van der Waals surface area (Å²) in [6.45, 7) is 2.25. The minimum Gasteiger partial charge on any atom is -0.465 e. The maximum atomic E-state index is 13.0. The predicted octanol–water partition coefficient (Wildman–Crippen LogP) is 2.28. The van der Waals surface area contributed by atoms with Crippen molar-refractivity contribution >= 4 is 38.4 Å². The molecule has 0 bridgehead atoms. The van der Waals surface area contributed by atoms with Gasteiger partial charge in [-0.2, -0.15) is 4.31 Å². The molecule has 0 saturated carbocycles. The molecule has 1 amide bonds. The fraction of sp³-hybridized carbons (Fsp3) is 0.389. The summed E-state index contributed by atoms with van der Waals surface area (Å²) in [6, 6.07) is 5.97. The molecule has 0 atom stereocenters. The number of aryl methyl sites for hydroxylation is 1. The van der Waals surface area contributed by atoms with Gasteiger partial charge in [0.15, 0.2) is 5.13 Å². The zero-order valence-electron chi connectivity index (χ0n) is 15.5. The smallest absolute Gasteiger partial charge is 0.339 e. The van der Waals surface area contributed by atoms with Crippen LogP contribution in [0.4, 0.5) is 5.13 Å². The number of piperidine rings is 1. The first-order chi connectivity index (χ1) is 13.3. The molecule has 3 rings (SSSR count). The molecule has 10 heteroatoms. The first kappa shape index (κ1) is 20.4. The van der Waals surface area contributed by atoms with Crippen LogP contribution >= 0.6 is 11.3 Å². The molecule has 0 unspecified atom stereocenters. The van der Waals surface area contributed by atoms with Crippen LogP contribution in [0, 0.1) is 12.8 Å². The topological polar surface area (TPSA) is 106 Å². The van der Waals surface area contributed by atoms with Gasteiger partial charge in [-0.3, -0.25) is 4.79 Å². The number of hydrogen-bond donors (Lipinski definition) is 1. The number of nitrogens with zero attached hydrogens (tertiary/aromatic N) is 2. The quantitative estimate of drug-likeness (QED) is 0.740. The van der Waals surface area contributed by atoms with Gasteiger partial charge in [0, 0.05) is 24.4 Å². The Balaban J connectivity index is 1.69. The lowest BCUT2D eigenvalue weighted by Crippen LogP contribution is -2.41. The molecular formula is C18H21N3O5S2. The lowest BCUT2D eigenvalue weighted by atomic mass is 9.97. The van der Waals surface area contributed by atoms with Gasteiger partial charge in [0.1, 0.15) is 0 Å². The van der Waals surface area contributed by atoms with Gasteiger partial charge in [-0.25, -0.2) is 18.2 Å². The van der Waals surface area contributed by atoms with Crippen LogP contribution < -0.4 is 5.32 Å². The van der Waals surface area contributed by atoms with Crippen molar-refractivity contribution in [1.82, 2.24) is 9.29 Å². The van der Waals surface area contributed by atoms with Crippen molar-refractivity contribution in [3.8, 4) is 0 Å². The average molecular weight is 424 g/mol. The largest absolute Gasteiger partial charge is 0.465 e. The Hall–Kier alpha value is -2.30. The third-order valence-corrected chi connectivity index (χ3v) is 7.42. The molecular weight excluding hydrogens is 402 g/mol. The molecule has 1 aliphatic rings. The molecule has 1 N–H and O–H groups in total. The van der Waals surface area contributed by atoms with Gasteiger partial charge in [-0.1, -0.05) is 12.1 Å². The number of nitrogens with one attached hydrogen (secondary N) is 1. The molecule has 150 valence electrons. The van der Waals surface area contributed by atoms with Crippen LogP contribution in [0.15, 0.2) is 34.5 Å². The first-order valence-corrected chi connectivity index (χ1v) is 11.1. The van der Waals surface area contributed by atoms with E-state index in [-0.39, 0.29) is 35.4 Å². The third kappa shape index (κ3) is 4.23. The molecule has 1 aromatic heterocycles. The fourth-order valence-corrected chi connectivity index (χ4v) is 5.43. The van der Waals surface area contributed by atoms with Crippen molar-refractivity contribution in [3.05, 3.63) is 40.9 Å². The van der Waals surface area contributed by atoms with Crippen molar-refractivity contribution in [2.24, 2.45) is 5.92 Å². The van der Waals surface area contributed by atoms with Gasteiger partial charge >= 0.3 is 5.97 Å². The van der Waals surface area contributed by atoms with E-state index in [9.17, 15) is 18.0 Å². The molecule has 28 heavy (non-hydrogen) atoms. The average Bonchev–Trinajstić information content (AvgIpc) is 3.12. The fourth-order valence-electron chi connectivity index (χ4n) is 3.09. The number of anilines is 1. The lowest BCUT2D eigenvalue weighted by molar-refractivity contribution is -0.120. The number of ether oxygens (including phenoxy) is 1. The molecule has 0 aliphatic carbocycles. The summed E-state index contributed by atoms with van der Waals surface area (Å²) in [6.07, 6.45) is 0.797. The maximum Gasteiger partial charge on any atom is 0.339 e. The van der Waals surface area contributed by atoms with E-state index in [1.807, 2.05) is 12.3 Å². The Morgan fingerprint density at radius 2 is 1.93 bits per heavy atom. The second kappa shape index (κ2) is 8.38. The monoisotopic (exact) mass is 423 g/mol. The van der Waals surface area contributed by atoms with Crippen LogP contribution in [-0.2, 0) is 19.6 Å². The van der Waals surface area contributed by atoms with Crippen LogP contribution in [-0.4, -0.2) is 49.8 Å². The minimum atomic E-state index is -3.86. The molecule has 0 radical (unpaired) electrons. The van der Waals surface area contributed by atoms with E-state index in [2.05, 4.69) is 15.0 Å².